The van der Waals surface area contributed by atoms with Gasteiger partial charge >= 0.3 is 6.18 Å². The lowest BCUT2D eigenvalue weighted by Gasteiger charge is -2.09. The molecule has 1 aromatic heterocycles. The van der Waals surface area contributed by atoms with Crippen molar-refractivity contribution in [1.82, 2.24) is 9.78 Å². The van der Waals surface area contributed by atoms with E-state index in [1.807, 2.05) is 0 Å². The molecule has 0 radical (unpaired) electrons. The molecular formula is C19H15F4N3O. The molecule has 0 aliphatic rings. The Kier molecular flexibility index (Phi) is 4.98. The number of aromatic nitrogens is 2. The molecular weight excluding hydrogens is 362 g/mol. The van der Waals surface area contributed by atoms with E-state index in [0.29, 0.717) is 23.5 Å². The Balaban J connectivity index is 1.91. The highest BCUT2D eigenvalue weighted by Crippen LogP contribution is 2.32. The molecule has 0 atom stereocenters. The number of carbonyl (C=O) groups excluding carboxylic acids is 1. The number of halogens is 4. The smallest absolute Gasteiger partial charge is 0.321 e. The highest BCUT2D eigenvalue weighted by molar-refractivity contribution is 6.03. The number of carbonyl (C=O) groups is 1. The lowest BCUT2D eigenvalue weighted by molar-refractivity contribution is -0.137. The average molecular weight is 377 g/mol. The summed E-state index contributed by atoms with van der Waals surface area (Å²) >= 11 is 0. The Bertz CT molecular complexity index is 962. The molecule has 8 heteroatoms. The molecule has 0 aliphatic carbocycles. The Hall–Kier alpha value is -3.16. The predicted octanol–water partition coefficient (Wildman–Crippen LogP) is 4.98. The van der Waals surface area contributed by atoms with Crippen LogP contribution in [0.3, 0.4) is 0 Å². The van der Waals surface area contributed by atoms with Gasteiger partial charge in [-0.1, -0.05) is 12.1 Å². The first-order valence-corrected chi connectivity index (χ1v) is 8.10. The van der Waals surface area contributed by atoms with E-state index in [1.54, 1.807) is 6.92 Å². The zero-order chi connectivity index (χ0) is 19.6. The van der Waals surface area contributed by atoms with Gasteiger partial charge in [-0.3, -0.25) is 9.48 Å². The molecule has 3 aromatic rings. The number of nitrogens with zero attached hydrogens (tertiary/aromatic N) is 2. The first-order valence-electron chi connectivity index (χ1n) is 8.10. The number of amides is 1. The van der Waals surface area contributed by atoms with E-state index in [4.69, 9.17) is 0 Å². The van der Waals surface area contributed by atoms with E-state index in [1.165, 1.54) is 47.1 Å². The first kappa shape index (κ1) is 18.6. The third-order valence-corrected chi connectivity index (χ3v) is 3.90. The standard InChI is InChI=1S/C19H15F4N3O/c1-2-26-17(12-4-3-5-13(10-12)19(21,22)23)11-16(25-26)18(27)24-15-8-6-14(20)7-9-15/h3-11H,2H2,1H3,(H,24,27). The SMILES string of the molecule is CCn1nc(C(=O)Nc2ccc(F)cc2)cc1-c1cccc(C(F)(F)F)c1. The van der Waals surface area contributed by atoms with Crippen LogP contribution in [0.25, 0.3) is 11.3 Å². The predicted molar refractivity (Wildman–Crippen MR) is 92.7 cm³/mol. The van der Waals surface area contributed by atoms with Crippen LogP contribution in [-0.4, -0.2) is 15.7 Å². The number of nitrogens with one attached hydrogen (secondary N) is 1. The minimum Gasteiger partial charge on any atom is -0.321 e. The topological polar surface area (TPSA) is 46.9 Å². The van der Waals surface area contributed by atoms with E-state index in [-0.39, 0.29) is 5.69 Å². The second-order valence-electron chi connectivity index (χ2n) is 5.77. The third kappa shape index (κ3) is 4.16. The molecule has 1 heterocycles. The van der Waals surface area contributed by atoms with Gasteiger partial charge < -0.3 is 5.32 Å². The summed E-state index contributed by atoms with van der Waals surface area (Å²) in [5, 5.41) is 6.74. The maximum atomic E-state index is 13.0. The van der Waals surface area contributed by atoms with Crippen molar-refractivity contribution in [2.75, 3.05) is 5.32 Å². The summed E-state index contributed by atoms with van der Waals surface area (Å²) in [6, 6.07) is 11.5. The third-order valence-electron chi connectivity index (χ3n) is 3.90. The van der Waals surface area contributed by atoms with Crippen LogP contribution in [-0.2, 0) is 12.7 Å². The Morgan fingerprint density at radius 1 is 1.11 bits per heavy atom. The van der Waals surface area contributed by atoms with Crippen molar-refractivity contribution in [3.05, 3.63) is 71.7 Å². The van der Waals surface area contributed by atoms with Gasteiger partial charge in [0, 0.05) is 17.8 Å². The molecule has 3 rings (SSSR count). The highest BCUT2D eigenvalue weighted by Gasteiger charge is 2.30. The van der Waals surface area contributed by atoms with E-state index in [2.05, 4.69) is 10.4 Å². The van der Waals surface area contributed by atoms with E-state index in [9.17, 15) is 22.4 Å². The maximum absolute atomic E-state index is 13.0. The summed E-state index contributed by atoms with van der Waals surface area (Å²) in [7, 11) is 0. The first-order chi connectivity index (χ1) is 12.8. The molecule has 0 aliphatic heterocycles. The Labute approximate surface area is 152 Å². The van der Waals surface area contributed by atoms with Crippen molar-refractivity contribution in [3.63, 3.8) is 0 Å². The summed E-state index contributed by atoms with van der Waals surface area (Å²) in [4.78, 5) is 12.4. The van der Waals surface area contributed by atoms with E-state index < -0.39 is 23.5 Å². The number of anilines is 1. The van der Waals surface area contributed by atoms with Crippen LogP contribution in [0.1, 0.15) is 23.0 Å². The van der Waals surface area contributed by atoms with E-state index >= 15 is 0 Å². The van der Waals surface area contributed by atoms with Gasteiger partial charge in [0.2, 0.25) is 0 Å². The van der Waals surface area contributed by atoms with Gasteiger partial charge in [0.15, 0.2) is 5.69 Å². The van der Waals surface area contributed by atoms with Crippen LogP contribution < -0.4 is 5.32 Å². The molecule has 27 heavy (non-hydrogen) atoms. The number of benzene rings is 2. The maximum Gasteiger partial charge on any atom is 0.416 e. The lowest BCUT2D eigenvalue weighted by Crippen LogP contribution is -2.13. The molecule has 1 amide bonds. The fourth-order valence-corrected chi connectivity index (χ4v) is 2.58. The fraction of sp³-hybridized carbons (Fsp3) is 0.158. The van der Waals surface area contributed by atoms with Gasteiger partial charge in [0.05, 0.1) is 11.3 Å². The molecule has 140 valence electrons. The van der Waals surface area contributed by atoms with Gasteiger partial charge in [0.1, 0.15) is 5.82 Å². The van der Waals surface area contributed by atoms with Gasteiger partial charge in [-0.05, 0) is 49.4 Å². The van der Waals surface area contributed by atoms with Crippen LogP contribution in [0.5, 0.6) is 0 Å². The van der Waals surface area contributed by atoms with Crippen molar-refractivity contribution >= 4 is 11.6 Å². The Morgan fingerprint density at radius 2 is 1.81 bits per heavy atom. The monoisotopic (exact) mass is 377 g/mol. The molecule has 2 aromatic carbocycles. The molecule has 0 spiro atoms. The molecule has 4 nitrogen and oxygen atoms in total. The molecule has 0 bridgehead atoms. The van der Waals surface area contributed by atoms with Crippen molar-refractivity contribution in [3.8, 4) is 11.3 Å². The number of hydrogen-bond donors (Lipinski definition) is 1. The van der Waals surface area contributed by atoms with Crippen molar-refractivity contribution < 1.29 is 22.4 Å². The van der Waals surface area contributed by atoms with Crippen LogP contribution in [0, 0.1) is 5.82 Å². The minimum atomic E-state index is -4.46. The summed E-state index contributed by atoms with van der Waals surface area (Å²) in [6.07, 6.45) is -4.46. The second kappa shape index (κ2) is 7.22. The molecule has 0 saturated carbocycles. The largest absolute Gasteiger partial charge is 0.416 e. The fourth-order valence-electron chi connectivity index (χ4n) is 2.58. The lowest BCUT2D eigenvalue weighted by atomic mass is 10.1. The number of rotatable bonds is 4. The van der Waals surface area contributed by atoms with Crippen molar-refractivity contribution in [1.29, 1.82) is 0 Å². The minimum absolute atomic E-state index is 0.0496. The van der Waals surface area contributed by atoms with E-state index in [0.717, 1.165) is 12.1 Å². The normalized spacial score (nSPS) is 11.4. The average Bonchev–Trinajstić information content (AvgIpc) is 3.08. The summed E-state index contributed by atoms with van der Waals surface area (Å²) in [5.74, 6) is -0.975. The zero-order valence-corrected chi connectivity index (χ0v) is 14.2. The molecule has 1 N–H and O–H groups in total. The van der Waals surface area contributed by atoms with Crippen LogP contribution in [0.2, 0.25) is 0 Å². The van der Waals surface area contributed by atoms with Gasteiger partial charge in [0.25, 0.3) is 5.91 Å². The van der Waals surface area contributed by atoms with Crippen LogP contribution in [0.15, 0.2) is 54.6 Å². The number of aryl methyl sites for hydroxylation is 1. The highest BCUT2D eigenvalue weighted by atomic mass is 19.4. The Morgan fingerprint density at radius 3 is 2.44 bits per heavy atom. The van der Waals surface area contributed by atoms with Crippen LogP contribution >= 0.6 is 0 Å². The van der Waals surface area contributed by atoms with Gasteiger partial charge in [-0.25, -0.2) is 4.39 Å². The molecule has 0 unspecified atom stereocenters. The summed E-state index contributed by atoms with van der Waals surface area (Å²) < 4.78 is 53.3. The van der Waals surface area contributed by atoms with Crippen molar-refractivity contribution in [2.24, 2.45) is 0 Å². The van der Waals surface area contributed by atoms with Crippen LogP contribution in [0.4, 0.5) is 23.2 Å². The quantitative estimate of drug-likeness (QED) is 0.652. The molecule has 0 saturated heterocycles. The second-order valence-corrected chi connectivity index (χ2v) is 5.77. The van der Waals surface area contributed by atoms with Gasteiger partial charge in [-0.15, -0.1) is 0 Å². The summed E-state index contributed by atoms with van der Waals surface area (Å²) in [6.45, 7) is 2.14. The van der Waals surface area contributed by atoms with Gasteiger partial charge in [-0.2, -0.15) is 18.3 Å². The number of hydrogen-bond acceptors (Lipinski definition) is 2. The zero-order valence-electron chi connectivity index (χ0n) is 14.2. The summed E-state index contributed by atoms with van der Waals surface area (Å²) in [5.41, 5.74) is 0.357. The van der Waals surface area contributed by atoms with Crippen molar-refractivity contribution in [2.45, 2.75) is 19.6 Å². The molecule has 0 fully saturated rings. The number of alkyl halides is 3.